The molecular weight excluding hydrogens is 294 g/mol. The number of piperazine rings is 1. The van der Waals surface area contributed by atoms with E-state index in [1.165, 1.54) is 12.7 Å². The van der Waals surface area contributed by atoms with Crippen LogP contribution in [0.2, 0.25) is 0 Å². The molecule has 0 unspecified atom stereocenters. The molecular formula is C17H25N3O3. The van der Waals surface area contributed by atoms with Crippen LogP contribution in [0.25, 0.3) is 0 Å². The van der Waals surface area contributed by atoms with Gasteiger partial charge in [-0.15, -0.1) is 0 Å². The Kier molecular flexibility index (Phi) is 6.12. The van der Waals surface area contributed by atoms with Gasteiger partial charge in [0.2, 0.25) is 11.8 Å². The highest BCUT2D eigenvalue weighted by Crippen LogP contribution is 2.14. The van der Waals surface area contributed by atoms with E-state index in [0.29, 0.717) is 32.7 Å². The molecule has 23 heavy (non-hydrogen) atoms. The predicted octanol–water partition coefficient (Wildman–Crippen LogP) is 1.03. The topological polar surface area (TPSA) is 61.9 Å². The predicted molar refractivity (Wildman–Crippen MR) is 89.4 cm³/mol. The van der Waals surface area contributed by atoms with E-state index in [2.05, 4.69) is 10.2 Å². The normalized spacial score (nSPS) is 15.5. The van der Waals surface area contributed by atoms with Crippen molar-refractivity contribution in [3.05, 3.63) is 29.3 Å². The number of methoxy groups -OCH3 is 1. The minimum atomic E-state index is -0.0232. The van der Waals surface area contributed by atoms with Crippen LogP contribution in [0.3, 0.4) is 0 Å². The zero-order valence-electron chi connectivity index (χ0n) is 14.1. The lowest BCUT2D eigenvalue weighted by Gasteiger charge is -2.34. The maximum absolute atomic E-state index is 12.1. The second-order valence-electron chi connectivity index (χ2n) is 5.94. The molecule has 6 heteroatoms. The van der Waals surface area contributed by atoms with Crippen molar-refractivity contribution in [2.24, 2.45) is 0 Å². The molecule has 0 aromatic heterocycles. The van der Waals surface area contributed by atoms with Gasteiger partial charge < -0.3 is 15.0 Å². The first-order chi connectivity index (χ1) is 11.0. The minimum absolute atomic E-state index is 0.00623. The van der Waals surface area contributed by atoms with Crippen LogP contribution < -0.4 is 5.32 Å². The van der Waals surface area contributed by atoms with Crippen LogP contribution in [-0.2, 0) is 14.3 Å². The molecule has 0 atom stereocenters. The maximum atomic E-state index is 12.1. The first kappa shape index (κ1) is 17.4. The molecule has 6 nitrogen and oxygen atoms in total. The summed E-state index contributed by atoms with van der Waals surface area (Å²) in [5.74, 6) is -0.0170. The third-order valence-electron chi connectivity index (χ3n) is 4.15. The molecule has 126 valence electrons. The van der Waals surface area contributed by atoms with Gasteiger partial charge in [0.1, 0.15) is 6.61 Å². The van der Waals surface area contributed by atoms with Gasteiger partial charge in [-0.3, -0.25) is 14.5 Å². The molecule has 0 spiro atoms. The number of carbonyl (C=O) groups is 2. The number of hydrogen-bond acceptors (Lipinski definition) is 4. The SMILES string of the molecule is COCC(=O)N1CCN(CC(=O)Nc2ccc(C)c(C)c2)CC1. The second kappa shape index (κ2) is 8.08. The summed E-state index contributed by atoms with van der Waals surface area (Å²) in [7, 11) is 1.52. The summed E-state index contributed by atoms with van der Waals surface area (Å²) in [6.45, 7) is 7.23. The van der Waals surface area contributed by atoms with Crippen LogP contribution in [0.4, 0.5) is 5.69 Å². The molecule has 2 rings (SSSR count). The average molecular weight is 319 g/mol. The largest absolute Gasteiger partial charge is 0.375 e. The lowest BCUT2D eigenvalue weighted by Crippen LogP contribution is -2.51. The molecule has 0 bridgehead atoms. The van der Waals surface area contributed by atoms with E-state index in [9.17, 15) is 9.59 Å². The monoisotopic (exact) mass is 319 g/mol. The number of amides is 2. The van der Waals surface area contributed by atoms with Gasteiger partial charge in [-0.05, 0) is 37.1 Å². The fourth-order valence-electron chi connectivity index (χ4n) is 2.59. The van der Waals surface area contributed by atoms with Crippen molar-refractivity contribution >= 4 is 17.5 Å². The Balaban J connectivity index is 1.78. The number of nitrogens with zero attached hydrogens (tertiary/aromatic N) is 2. The molecule has 1 aliphatic heterocycles. The van der Waals surface area contributed by atoms with Crippen molar-refractivity contribution in [1.29, 1.82) is 0 Å². The van der Waals surface area contributed by atoms with Crippen molar-refractivity contribution in [3.63, 3.8) is 0 Å². The van der Waals surface area contributed by atoms with Crippen molar-refractivity contribution in [2.45, 2.75) is 13.8 Å². The van der Waals surface area contributed by atoms with E-state index in [4.69, 9.17) is 4.74 Å². The molecule has 0 radical (unpaired) electrons. The second-order valence-corrected chi connectivity index (χ2v) is 5.94. The summed E-state index contributed by atoms with van der Waals surface area (Å²) < 4.78 is 4.86. The lowest BCUT2D eigenvalue weighted by molar-refractivity contribution is -0.137. The van der Waals surface area contributed by atoms with E-state index < -0.39 is 0 Å². The van der Waals surface area contributed by atoms with Crippen LogP contribution in [0, 0.1) is 13.8 Å². The maximum Gasteiger partial charge on any atom is 0.248 e. The van der Waals surface area contributed by atoms with Crippen molar-refractivity contribution < 1.29 is 14.3 Å². The molecule has 1 aromatic rings. The Bertz CT molecular complexity index is 566. The molecule has 1 saturated heterocycles. The van der Waals surface area contributed by atoms with Crippen molar-refractivity contribution in [3.8, 4) is 0 Å². The molecule has 1 aromatic carbocycles. The highest BCUT2D eigenvalue weighted by Gasteiger charge is 2.22. The molecule has 1 fully saturated rings. The van der Waals surface area contributed by atoms with Crippen molar-refractivity contribution in [1.82, 2.24) is 9.80 Å². The number of carbonyl (C=O) groups excluding carboxylic acids is 2. The summed E-state index contributed by atoms with van der Waals surface area (Å²) in [6, 6.07) is 5.90. The van der Waals surface area contributed by atoms with Gasteiger partial charge in [-0.2, -0.15) is 0 Å². The fourth-order valence-corrected chi connectivity index (χ4v) is 2.59. The molecule has 1 heterocycles. The standard InChI is InChI=1S/C17H25N3O3/c1-13-4-5-15(10-14(13)2)18-16(21)11-19-6-8-20(9-7-19)17(22)12-23-3/h4-5,10H,6-9,11-12H2,1-3H3,(H,18,21). The van der Waals surface area contributed by atoms with E-state index in [-0.39, 0.29) is 18.4 Å². The van der Waals surface area contributed by atoms with Crippen LogP contribution in [0.5, 0.6) is 0 Å². The smallest absolute Gasteiger partial charge is 0.248 e. The molecule has 2 amide bonds. The first-order valence-corrected chi connectivity index (χ1v) is 7.86. The van der Waals surface area contributed by atoms with Gasteiger partial charge in [0.15, 0.2) is 0 Å². The number of nitrogens with one attached hydrogen (secondary N) is 1. The Morgan fingerprint density at radius 3 is 2.43 bits per heavy atom. The van der Waals surface area contributed by atoms with Gasteiger partial charge in [-0.25, -0.2) is 0 Å². The summed E-state index contributed by atoms with van der Waals surface area (Å²) in [5, 5.41) is 2.93. The van der Waals surface area contributed by atoms with Crippen LogP contribution in [-0.4, -0.2) is 68.1 Å². The van der Waals surface area contributed by atoms with Crippen LogP contribution >= 0.6 is 0 Å². The third-order valence-corrected chi connectivity index (χ3v) is 4.15. The first-order valence-electron chi connectivity index (χ1n) is 7.86. The van der Waals surface area contributed by atoms with Crippen LogP contribution in [0.1, 0.15) is 11.1 Å². The number of aryl methyl sites for hydroxylation is 2. The summed E-state index contributed by atoms with van der Waals surface area (Å²) in [4.78, 5) is 27.7. The quantitative estimate of drug-likeness (QED) is 0.881. The Morgan fingerprint density at radius 2 is 1.83 bits per heavy atom. The van der Waals surface area contributed by atoms with E-state index >= 15 is 0 Å². The summed E-state index contributed by atoms with van der Waals surface area (Å²) in [6.07, 6.45) is 0. The number of rotatable bonds is 5. The zero-order valence-corrected chi connectivity index (χ0v) is 14.1. The van der Waals surface area contributed by atoms with Gasteiger partial charge >= 0.3 is 0 Å². The Labute approximate surface area is 137 Å². The number of hydrogen-bond donors (Lipinski definition) is 1. The molecule has 1 aliphatic rings. The molecule has 1 N–H and O–H groups in total. The highest BCUT2D eigenvalue weighted by molar-refractivity contribution is 5.92. The lowest BCUT2D eigenvalue weighted by atomic mass is 10.1. The van der Waals surface area contributed by atoms with Gasteiger partial charge in [0.25, 0.3) is 0 Å². The number of benzene rings is 1. The fraction of sp³-hybridized carbons (Fsp3) is 0.529. The van der Waals surface area contributed by atoms with E-state index in [0.717, 1.165) is 11.3 Å². The van der Waals surface area contributed by atoms with Crippen LogP contribution in [0.15, 0.2) is 18.2 Å². The van der Waals surface area contributed by atoms with Gasteiger partial charge in [0.05, 0.1) is 6.54 Å². The third kappa shape index (κ3) is 5.04. The minimum Gasteiger partial charge on any atom is -0.375 e. The summed E-state index contributed by atoms with van der Waals surface area (Å²) >= 11 is 0. The van der Waals surface area contributed by atoms with E-state index in [1.807, 2.05) is 32.0 Å². The summed E-state index contributed by atoms with van der Waals surface area (Å²) in [5.41, 5.74) is 3.19. The van der Waals surface area contributed by atoms with Gasteiger partial charge in [0, 0.05) is 39.0 Å². The average Bonchev–Trinajstić information content (AvgIpc) is 2.52. The number of anilines is 1. The molecule has 0 saturated carbocycles. The molecule has 0 aliphatic carbocycles. The zero-order chi connectivity index (χ0) is 16.8. The van der Waals surface area contributed by atoms with E-state index in [1.54, 1.807) is 4.90 Å². The van der Waals surface area contributed by atoms with Gasteiger partial charge in [-0.1, -0.05) is 6.07 Å². The highest BCUT2D eigenvalue weighted by atomic mass is 16.5. The number of ether oxygens (including phenoxy) is 1. The Morgan fingerprint density at radius 1 is 1.13 bits per heavy atom. The van der Waals surface area contributed by atoms with Crippen molar-refractivity contribution in [2.75, 3.05) is 51.8 Å². The Hall–Kier alpha value is -1.92.